The molecule has 0 aliphatic heterocycles. The van der Waals surface area contributed by atoms with Crippen molar-refractivity contribution in [3.63, 3.8) is 0 Å². The van der Waals surface area contributed by atoms with Crippen molar-refractivity contribution in [3.05, 3.63) is 41.6 Å². The van der Waals surface area contributed by atoms with E-state index in [-0.39, 0.29) is 0 Å². The van der Waals surface area contributed by atoms with Gasteiger partial charge in [-0.25, -0.2) is 4.79 Å². The Balaban J connectivity index is 1.83. The van der Waals surface area contributed by atoms with Crippen LogP contribution in [0.4, 0.5) is 0 Å². The van der Waals surface area contributed by atoms with Gasteiger partial charge in [-0.3, -0.25) is 4.68 Å². The van der Waals surface area contributed by atoms with Crippen LogP contribution in [0, 0.1) is 0 Å². The zero-order valence-corrected chi connectivity index (χ0v) is 10.3. The quantitative estimate of drug-likeness (QED) is 0.803. The van der Waals surface area contributed by atoms with Crippen LogP contribution in [0.5, 0.6) is 0 Å². The number of rotatable bonds is 5. The highest BCUT2D eigenvalue weighted by Gasteiger charge is 2.09. The molecule has 0 spiro atoms. The van der Waals surface area contributed by atoms with Crippen LogP contribution in [0.2, 0.25) is 0 Å². The molecule has 2 heterocycles. The topological polar surface area (TPSA) is 69.3 Å². The first kappa shape index (κ1) is 12.4. The Morgan fingerprint density at radius 3 is 3.06 bits per heavy atom. The zero-order valence-electron chi connectivity index (χ0n) is 10.3. The third-order valence-electron chi connectivity index (χ3n) is 2.45. The van der Waals surface area contributed by atoms with Gasteiger partial charge < -0.3 is 14.5 Å². The average Bonchev–Trinajstić information content (AvgIpc) is 2.98. The summed E-state index contributed by atoms with van der Waals surface area (Å²) in [6.07, 6.45) is 3.28. The number of carbonyl (C=O) groups is 1. The minimum Gasteiger partial charge on any atom is -0.467 e. The van der Waals surface area contributed by atoms with Gasteiger partial charge in [0.15, 0.2) is 0 Å². The third-order valence-corrected chi connectivity index (χ3v) is 2.45. The van der Waals surface area contributed by atoms with Gasteiger partial charge in [0, 0.05) is 19.8 Å². The summed E-state index contributed by atoms with van der Waals surface area (Å²) in [4.78, 5) is 11.2. The molecule has 0 aliphatic carbocycles. The van der Waals surface area contributed by atoms with Gasteiger partial charge >= 0.3 is 5.97 Å². The largest absolute Gasteiger partial charge is 0.467 e. The lowest BCUT2D eigenvalue weighted by molar-refractivity contribution is 0.0600. The van der Waals surface area contributed by atoms with Crippen LogP contribution in [-0.4, -0.2) is 22.9 Å². The summed E-state index contributed by atoms with van der Waals surface area (Å²) in [6, 6.07) is 3.60. The van der Waals surface area contributed by atoms with Crippen LogP contribution in [0.3, 0.4) is 0 Å². The van der Waals surface area contributed by atoms with E-state index in [0.717, 1.165) is 5.69 Å². The van der Waals surface area contributed by atoms with E-state index in [1.54, 1.807) is 10.7 Å². The molecule has 0 unspecified atom stereocenters. The second-order valence-electron chi connectivity index (χ2n) is 3.88. The Morgan fingerprint density at radius 1 is 1.56 bits per heavy atom. The number of aryl methyl sites for hydroxylation is 1. The Labute approximate surface area is 105 Å². The number of esters is 1. The van der Waals surface area contributed by atoms with E-state index in [2.05, 4.69) is 15.2 Å². The van der Waals surface area contributed by atoms with E-state index in [1.165, 1.54) is 13.4 Å². The maximum atomic E-state index is 11.2. The number of ether oxygens (including phenoxy) is 1. The molecule has 18 heavy (non-hydrogen) atoms. The third kappa shape index (κ3) is 2.98. The molecule has 0 aliphatic rings. The lowest BCUT2D eigenvalue weighted by atomic mass is 10.3. The Hall–Kier alpha value is -2.08. The molecule has 6 heteroatoms. The fourth-order valence-electron chi connectivity index (χ4n) is 1.57. The summed E-state index contributed by atoms with van der Waals surface area (Å²) in [6.45, 7) is 1.18. The van der Waals surface area contributed by atoms with Crippen molar-refractivity contribution >= 4 is 5.97 Å². The first-order chi connectivity index (χ1) is 8.69. The smallest absolute Gasteiger partial charge is 0.341 e. The van der Waals surface area contributed by atoms with Gasteiger partial charge in [0.1, 0.15) is 12.0 Å². The van der Waals surface area contributed by atoms with E-state index >= 15 is 0 Å². The number of nitrogens with zero attached hydrogens (tertiary/aromatic N) is 2. The standard InChI is InChI=1S/C12H15N3O3/c1-15-4-3-10(14-15)6-13-7-11-5-9(8-18-11)12(16)17-2/h3-5,8,13H,6-7H2,1-2H3. The summed E-state index contributed by atoms with van der Waals surface area (Å²) in [5.41, 5.74) is 1.38. The molecule has 2 rings (SSSR count). The van der Waals surface area contributed by atoms with Crippen LogP contribution in [0.25, 0.3) is 0 Å². The number of nitrogens with one attached hydrogen (secondary N) is 1. The number of hydrogen-bond acceptors (Lipinski definition) is 5. The maximum absolute atomic E-state index is 11.2. The van der Waals surface area contributed by atoms with Crippen molar-refractivity contribution in [2.75, 3.05) is 7.11 Å². The van der Waals surface area contributed by atoms with Gasteiger partial charge in [0.2, 0.25) is 0 Å². The number of hydrogen-bond donors (Lipinski definition) is 1. The highest BCUT2D eigenvalue weighted by atomic mass is 16.5. The molecule has 0 fully saturated rings. The molecule has 0 amide bonds. The molecule has 2 aromatic heterocycles. The Kier molecular flexibility index (Phi) is 3.78. The summed E-state index contributed by atoms with van der Waals surface area (Å²) >= 11 is 0. The van der Waals surface area contributed by atoms with Gasteiger partial charge in [-0.05, 0) is 12.1 Å². The highest BCUT2D eigenvalue weighted by Crippen LogP contribution is 2.08. The summed E-state index contributed by atoms with van der Waals surface area (Å²) in [5, 5.41) is 7.42. The van der Waals surface area contributed by atoms with Gasteiger partial charge in [0.25, 0.3) is 0 Å². The molecule has 0 saturated carbocycles. The van der Waals surface area contributed by atoms with Crippen LogP contribution in [-0.2, 0) is 24.9 Å². The van der Waals surface area contributed by atoms with Gasteiger partial charge in [-0.2, -0.15) is 5.10 Å². The predicted molar refractivity (Wildman–Crippen MR) is 63.8 cm³/mol. The summed E-state index contributed by atoms with van der Waals surface area (Å²) < 4.78 is 11.6. The lowest BCUT2D eigenvalue weighted by Gasteiger charge is -1.98. The SMILES string of the molecule is COC(=O)c1coc(CNCc2ccn(C)n2)c1. The summed E-state index contributed by atoms with van der Waals surface area (Å²) in [5.74, 6) is 0.293. The molecule has 0 aromatic carbocycles. The fraction of sp³-hybridized carbons (Fsp3) is 0.333. The number of aromatic nitrogens is 2. The zero-order chi connectivity index (χ0) is 13.0. The Morgan fingerprint density at radius 2 is 2.39 bits per heavy atom. The van der Waals surface area contributed by atoms with E-state index in [9.17, 15) is 4.79 Å². The first-order valence-electron chi connectivity index (χ1n) is 5.54. The molecule has 0 saturated heterocycles. The molecule has 0 bridgehead atoms. The Bertz CT molecular complexity index is 530. The van der Waals surface area contributed by atoms with Crippen LogP contribution in [0.1, 0.15) is 21.8 Å². The van der Waals surface area contributed by atoms with Crippen LogP contribution >= 0.6 is 0 Å². The van der Waals surface area contributed by atoms with Gasteiger partial charge in [-0.15, -0.1) is 0 Å². The second kappa shape index (κ2) is 5.50. The lowest BCUT2D eigenvalue weighted by Crippen LogP contribution is -2.12. The number of methoxy groups -OCH3 is 1. The van der Waals surface area contributed by atoms with Crippen molar-refractivity contribution in [3.8, 4) is 0 Å². The molecule has 0 atom stereocenters. The van der Waals surface area contributed by atoms with Crippen molar-refractivity contribution in [2.24, 2.45) is 7.05 Å². The molecule has 6 nitrogen and oxygen atoms in total. The van der Waals surface area contributed by atoms with Crippen LogP contribution < -0.4 is 5.32 Å². The highest BCUT2D eigenvalue weighted by molar-refractivity contribution is 5.88. The monoisotopic (exact) mass is 249 g/mol. The first-order valence-corrected chi connectivity index (χ1v) is 5.54. The minimum absolute atomic E-state index is 0.394. The minimum atomic E-state index is -0.394. The predicted octanol–water partition coefficient (Wildman–Crippen LogP) is 1.09. The molecule has 1 N–H and O–H groups in total. The van der Waals surface area contributed by atoms with E-state index < -0.39 is 5.97 Å². The van der Waals surface area contributed by atoms with E-state index in [1.807, 2.05) is 19.3 Å². The molecule has 0 radical (unpaired) electrons. The maximum Gasteiger partial charge on any atom is 0.341 e. The molecule has 2 aromatic rings. The second-order valence-corrected chi connectivity index (χ2v) is 3.88. The van der Waals surface area contributed by atoms with Crippen molar-refractivity contribution < 1.29 is 13.9 Å². The van der Waals surface area contributed by atoms with Crippen molar-refractivity contribution in [2.45, 2.75) is 13.1 Å². The molecule has 96 valence electrons. The van der Waals surface area contributed by atoms with Crippen molar-refractivity contribution in [1.29, 1.82) is 0 Å². The average molecular weight is 249 g/mol. The van der Waals surface area contributed by atoms with Gasteiger partial charge in [0.05, 0.1) is 24.9 Å². The summed E-state index contributed by atoms with van der Waals surface area (Å²) in [7, 11) is 3.22. The van der Waals surface area contributed by atoms with E-state index in [4.69, 9.17) is 4.42 Å². The number of carbonyl (C=O) groups excluding carboxylic acids is 1. The van der Waals surface area contributed by atoms with Crippen LogP contribution in [0.15, 0.2) is 29.0 Å². The normalized spacial score (nSPS) is 10.6. The van der Waals surface area contributed by atoms with Gasteiger partial charge in [-0.1, -0.05) is 0 Å². The number of furan rings is 1. The van der Waals surface area contributed by atoms with E-state index in [0.29, 0.717) is 24.4 Å². The molecular weight excluding hydrogens is 234 g/mol. The fourth-order valence-corrected chi connectivity index (χ4v) is 1.57. The van der Waals surface area contributed by atoms with Crippen molar-refractivity contribution in [1.82, 2.24) is 15.1 Å². The molecular formula is C12H15N3O3.